The SMILES string of the molecule is CCOC(=O)c1c(-c2ccc(F)cc2)oc2cc([N+](=O)[O-])c(Br)cc12.CCOC(=O)c1c(-c2ccc(F)cc2)oc2ccc(Br)cc12.O=[N+]([O-])O. The lowest BCUT2D eigenvalue weighted by atomic mass is 10.1. The Morgan fingerprint density at radius 1 is 0.725 bits per heavy atom. The van der Waals surface area contributed by atoms with Gasteiger partial charge in [0.15, 0.2) is 0 Å². The van der Waals surface area contributed by atoms with Gasteiger partial charge in [-0.25, -0.2) is 18.4 Å². The zero-order valence-electron chi connectivity index (χ0n) is 26.4. The number of furan rings is 2. The third-order valence-electron chi connectivity index (χ3n) is 6.78. The largest absolute Gasteiger partial charge is 0.462 e. The van der Waals surface area contributed by atoms with Crippen LogP contribution in [0.2, 0.25) is 0 Å². The van der Waals surface area contributed by atoms with E-state index in [2.05, 4.69) is 31.9 Å². The highest BCUT2D eigenvalue weighted by atomic mass is 79.9. The van der Waals surface area contributed by atoms with E-state index in [1.165, 1.54) is 48.5 Å². The van der Waals surface area contributed by atoms with Gasteiger partial charge in [0.05, 0.1) is 28.7 Å². The Hall–Kier alpha value is -5.68. The van der Waals surface area contributed by atoms with Crippen molar-refractivity contribution < 1.29 is 51.9 Å². The van der Waals surface area contributed by atoms with Crippen LogP contribution in [-0.4, -0.2) is 40.4 Å². The molecular formula is C34H24Br2F2N2O11. The van der Waals surface area contributed by atoms with Gasteiger partial charge in [-0.15, -0.1) is 10.1 Å². The van der Waals surface area contributed by atoms with Crippen LogP contribution >= 0.6 is 31.9 Å². The summed E-state index contributed by atoms with van der Waals surface area (Å²) in [4.78, 5) is 43.6. The first-order valence-corrected chi connectivity index (χ1v) is 16.2. The summed E-state index contributed by atoms with van der Waals surface area (Å²) in [5.41, 5.74) is 2.12. The minimum absolute atomic E-state index is 0.138. The molecule has 0 atom stereocenters. The van der Waals surface area contributed by atoms with Crippen LogP contribution in [0.5, 0.6) is 0 Å². The fourth-order valence-electron chi connectivity index (χ4n) is 4.74. The minimum atomic E-state index is -1.50. The van der Waals surface area contributed by atoms with E-state index in [1.807, 2.05) is 6.07 Å². The van der Waals surface area contributed by atoms with Gasteiger partial charge in [-0.05, 0) is 103 Å². The normalized spacial score (nSPS) is 10.5. The first-order chi connectivity index (χ1) is 24.2. The number of nitro benzene ring substituents is 1. The molecule has 264 valence electrons. The van der Waals surface area contributed by atoms with E-state index in [1.54, 1.807) is 38.1 Å². The Balaban J connectivity index is 0.000000208. The molecular weight excluding hydrogens is 810 g/mol. The predicted octanol–water partition coefficient (Wildman–Crippen LogP) is 9.92. The number of halogens is 4. The predicted molar refractivity (Wildman–Crippen MR) is 186 cm³/mol. The van der Waals surface area contributed by atoms with Gasteiger partial charge in [-0.3, -0.25) is 10.1 Å². The number of ether oxygens (including phenoxy) is 2. The van der Waals surface area contributed by atoms with Crippen LogP contribution in [0.15, 0.2) is 96.6 Å². The minimum Gasteiger partial charge on any atom is -0.462 e. The second kappa shape index (κ2) is 16.8. The number of rotatable bonds is 7. The molecule has 0 saturated heterocycles. The third kappa shape index (κ3) is 9.11. The molecule has 0 spiro atoms. The zero-order valence-corrected chi connectivity index (χ0v) is 29.5. The van der Waals surface area contributed by atoms with Crippen molar-refractivity contribution in [2.45, 2.75) is 13.8 Å². The highest BCUT2D eigenvalue weighted by molar-refractivity contribution is 9.10. The first-order valence-electron chi connectivity index (χ1n) is 14.6. The average molecular weight is 834 g/mol. The van der Waals surface area contributed by atoms with E-state index in [4.69, 9.17) is 33.6 Å². The molecule has 0 aliphatic rings. The van der Waals surface area contributed by atoms with Crippen molar-refractivity contribution in [2.75, 3.05) is 13.2 Å². The Morgan fingerprint density at radius 2 is 1.16 bits per heavy atom. The molecule has 6 rings (SSSR count). The van der Waals surface area contributed by atoms with E-state index in [0.29, 0.717) is 38.8 Å². The number of hydrogen-bond acceptors (Lipinski definition) is 10. The number of nitrogens with zero attached hydrogens (tertiary/aromatic N) is 2. The average Bonchev–Trinajstić information content (AvgIpc) is 3.63. The molecule has 51 heavy (non-hydrogen) atoms. The van der Waals surface area contributed by atoms with Crippen LogP contribution in [-0.2, 0) is 9.47 Å². The summed E-state index contributed by atoms with van der Waals surface area (Å²) in [6.07, 6.45) is 0. The smallest absolute Gasteiger partial charge is 0.342 e. The maximum absolute atomic E-state index is 13.2. The molecule has 0 unspecified atom stereocenters. The summed E-state index contributed by atoms with van der Waals surface area (Å²) in [5.74, 6) is -1.32. The van der Waals surface area contributed by atoms with Crippen LogP contribution in [0.1, 0.15) is 34.6 Å². The number of carbonyl (C=O) groups excluding carboxylic acids is 2. The van der Waals surface area contributed by atoms with Crippen LogP contribution in [0, 0.1) is 31.9 Å². The summed E-state index contributed by atoms with van der Waals surface area (Å²) in [6, 6.07) is 19.3. The second-order valence-corrected chi connectivity index (χ2v) is 11.8. The highest BCUT2D eigenvalue weighted by Gasteiger charge is 2.27. The second-order valence-electron chi connectivity index (χ2n) is 10.0. The molecule has 0 fully saturated rings. The topological polar surface area (TPSA) is 185 Å². The van der Waals surface area contributed by atoms with E-state index in [9.17, 15) is 28.5 Å². The van der Waals surface area contributed by atoms with Gasteiger partial charge < -0.3 is 23.5 Å². The molecule has 13 nitrogen and oxygen atoms in total. The zero-order chi connectivity index (χ0) is 37.4. The third-order valence-corrected chi connectivity index (χ3v) is 7.90. The van der Waals surface area contributed by atoms with Crippen LogP contribution in [0.4, 0.5) is 14.5 Å². The number of fused-ring (bicyclic) bond motifs is 2. The lowest BCUT2D eigenvalue weighted by Crippen LogP contribution is -2.05. The molecule has 2 aromatic heterocycles. The number of carbonyl (C=O) groups is 2. The van der Waals surface area contributed by atoms with Crippen LogP contribution in [0.3, 0.4) is 0 Å². The van der Waals surface area contributed by atoms with Crippen molar-refractivity contribution in [1.82, 2.24) is 0 Å². The number of benzene rings is 4. The standard InChI is InChI=1S/C17H11BrFNO5.C17H12BrFO3.HNO3/c1-2-24-17(21)15-11-7-12(18)13(20(22)23)8-14(11)25-16(15)9-3-5-10(19)6-4-9;1-2-21-17(20)15-13-9-11(18)5-8-14(13)22-16(15)10-3-6-12(19)7-4-10;2-1(3)4/h3-8H,2H2,1H3;3-9H,2H2,1H3;(H,2,3,4). The number of nitro groups is 1. The van der Waals surface area contributed by atoms with Crippen molar-refractivity contribution in [3.63, 3.8) is 0 Å². The van der Waals surface area contributed by atoms with Crippen molar-refractivity contribution in [3.8, 4) is 22.6 Å². The van der Waals surface area contributed by atoms with Gasteiger partial charge in [0, 0.05) is 26.4 Å². The maximum Gasteiger partial charge on any atom is 0.342 e. The van der Waals surface area contributed by atoms with Gasteiger partial charge in [0.2, 0.25) is 0 Å². The number of hydrogen-bond donors (Lipinski definition) is 1. The highest BCUT2D eigenvalue weighted by Crippen LogP contribution is 2.39. The number of esters is 2. The Kier molecular flexibility index (Phi) is 12.6. The Bertz CT molecular complexity index is 2230. The molecule has 2 heterocycles. The van der Waals surface area contributed by atoms with Gasteiger partial charge >= 0.3 is 11.9 Å². The Morgan fingerprint density at radius 3 is 1.59 bits per heavy atom. The fourth-order valence-corrected chi connectivity index (χ4v) is 5.59. The van der Waals surface area contributed by atoms with E-state index >= 15 is 0 Å². The summed E-state index contributed by atoms with van der Waals surface area (Å²) in [5, 5.41) is 25.8. The van der Waals surface area contributed by atoms with Crippen LogP contribution in [0.25, 0.3) is 44.6 Å². The summed E-state index contributed by atoms with van der Waals surface area (Å²) < 4.78 is 49.0. The van der Waals surface area contributed by atoms with Crippen molar-refractivity contribution in [2.24, 2.45) is 0 Å². The summed E-state index contributed by atoms with van der Waals surface area (Å²) in [6.45, 7) is 3.83. The fraction of sp³-hybridized carbons (Fsp3) is 0.118. The molecule has 0 saturated carbocycles. The van der Waals surface area contributed by atoms with E-state index in [-0.39, 0.29) is 46.1 Å². The molecule has 0 aliphatic heterocycles. The first kappa shape index (κ1) is 38.1. The quantitative estimate of drug-likeness (QED) is 0.0917. The molecule has 0 bridgehead atoms. The van der Waals surface area contributed by atoms with Crippen molar-refractivity contribution >= 4 is 71.4 Å². The maximum atomic E-state index is 13.2. The Labute approximate surface area is 302 Å². The van der Waals surface area contributed by atoms with E-state index in [0.717, 1.165) is 4.47 Å². The molecule has 0 amide bonds. The van der Waals surface area contributed by atoms with Gasteiger partial charge in [0.1, 0.15) is 45.4 Å². The summed E-state index contributed by atoms with van der Waals surface area (Å²) >= 11 is 6.52. The monoisotopic (exact) mass is 832 g/mol. The molecule has 17 heteroatoms. The molecule has 0 aliphatic carbocycles. The van der Waals surface area contributed by atoms with Crippen LogP contribution < -0.4 is 0 Å². The van der Waals surface area contributed by atoms with Gasteiger partial charge in [-0.1, -0.05) is 15.9 Å². The lowest BCUT2D eigenvalue weighted by molar-refractivity contribution is -0.742. The molecule has 4 aromatic carbocycles. The van der Waals surface area contributed by atoms with Crippen molar-refractivity contribution in [1.29, 1.82) is 0 Å². The van der Waals surface area contributed by atoms with Crippen molar-refractivity contribution in [3.05, 3.63) is 131 Å². The van der Waals surface area contributed by atoms with Gasteiger partial charge in [0.25, 0.3) is 10.8 Å². The lowest BCUT2D eigenvalue weighted by Gasteiger charge is -2.03. The molecule has 1 N–H and O–H groups in total. The molecule has 0 radical (unpaired) electrons. The summed E-state index contributed by atoms with van der Waals surface area (Å²) in [7, 11) is 0. The van der Waals surface area contributed by atoms with E-state index < -0.39 is 27.8 Å². The molecule has 6 aromatic rings. The van der Waals surface area contributed by atoms with Gasteiger partial charge in [-0.2, -0.15) is 0 Å².